The third-order valence-electron chi connectivity index (χ3n) is 4.24. The van der Waals surface area contributed by atoms with E-state index in [0.29, 0.717) is 6.61 Å². The van der Waals surface area contributed by atoms with Crippen LogP contribution in [0.5, 0.6) is 0 Å². The van der Waals surface area contributed by atoms with Gasteiger partial charge in [-0.3, -0.25) is 4.90 Å². The van der Waals surface area contributed by atoms with E-state index < -0.39 is 0 Å². The van der Waals surface area contributed by atoms with Crippen LogP contribution in [0.15, 0.2) is 4.52 Å². The molecule has 0 radical (unpaired) electrons. The predicted molar refractivity (Wildman–Crippen MR) is 74.6 cm³/mol. The van der Waals surface area contributed by atoms with E-state index in [0.717, 1.165) is 63.8 Å². The van der Waals surface area contributed by atoms with Crippen molar-refractivity contribution in [2.45, 2.75) is 38.1 Å². The molecule has 0 aromatic carbocycles. The van der Waals surface area contributed by atoms with Crippen molar-refractivity contribution in [1.29, 1.82) is 0 Å². The molecular formula is C14H24N4O2. The molecule has 0 saturated carbocycles. The Bertz CT molecular complexity index is 411. The van der Waals surface area contributed by atoms with Gasteiger partial charge in [-0.1, -0.05) is 12.1 Å². The van der Waals surface area contributed by atoms with Crippen LogP contribution < -0.4 is 5.32 Å². The molecule has 0 aliphatic carbocycles. The van der Waals surface area contributed by atoms with E-state index in [1.165, 1.54) is 0 Å². The molecule has 3 heterocycles. The van der Waals surface area contributed by atoms with Crippen LogP contribution in [-0.2, 0) is 4.74 Å². The van der Waals surface area contributed by atoms with Crippen molar-refractivity contribution in [3.63, 3.8) is 0 Å². The summed E-state index contributed by atoms with van der Waals surface area (Å²) in [5.41, 5.74) is 0. The molecule has 112 valence electrons. The van der Waals surface area contributed by atoms with Crippen LogP contribution in [0.2, 0.25) is 0 Å². The third kappa shape index (κ3) is 3.02. The van der Waals surface area contributed by atoms with Crippen molar-refractivity contribution in [2.75, 3.05) is 39.4 Å². The minimum absolute atomic E-state index is 0.277. The van der Waals surface area contributed by atoms with E-state index >= 15 is 0 Å². The van der Waals surface area contributed by atoms with Crippen LogP contribution in [0.3, 0.4) is 0 Å². The fourth-order valence-electron chi connectivity index (χ4n) is 3.08. The summed E-state index contributed by atoms with van der Waals surface area (Å²) in [6.45, 7) is 7.94. The van der Waals surface area contributed by atoms with Crippen LogP contribution in [0, 0.1) is 0 Å². The Balaban J connectivity index is 1.70. The van der Waals surface area contributed by atoms with Crippen molar-refractivity contribution in [3.05, 3.63) is 11.7 Å². The monoisotopic (exact) mass is 280 g/mol. The van der Waals surface area contributed by atoms with Gasteiger partial charge in [0.25, 0.3) is 0 Å². The lowest BCUT2D eigenvalue weighted by atomic mass is 10.0. The Morgan fingerprint density at radius 3 is 2.95 bits per heavy atom. The van der Waals surface area contributed by atoms with Crippen LogP contribution in [0.4, 0.5) is 0 Å². The number of nitrogens with one attached hydrogen (secondary N) is 1. The lowest BCUT2D eigenvalue weighted by Crippen LogP contribution is -2.45. The number of aromatic nitrogens is 2. The van der Waals surface area contributed by atoms with Gasteiger partial charge < -0.3 is 14.6 Å². The lowest BCUT2D eigenvalue weighted by Gasteiger charge is -2.32. The Morgan fingerprint density at radius 1 is 1.40 bits per heavy atom. The summed E-state index contributed by atoms with van der Waals surface area (Å²) in [4.78, 5) is 7.11. The van der Waals surface area contributed by atoms with Gasteiger partial charge in [0.2, 0.25) is 5.89 Å². The average molecular weight is 280 g/mol. The molecular weight excluding hydrogens is 256 g/mol. The molecule has 2 fully saturated rings. The van der Waals surface area contributed by atoms with E-state index in [9.17, 15) is 0 Å². The first kappa shape index (κ1) is 14.0. The molecule has 1 N–H and O–H groups in total. The van der Waals surface area contributed by atoms with Crippen LogP contribution in [0.25, 0.3) is 0 Å². The first-order valence-electron chi connectivity index (χ1n) is 7.74. The quantitative estimate of drug-likeness (QED) is 0.897. The number of nitrogens with zero attached hydrogens (tertiary/aromatic N) is 3. The van der Waals surface area contributed by atoms with Gasteiger partial charge in [0.05, 0.1) is 18.6 Å². The third-order valence-corrected chi connectivity index (χ3v) is 4.24. The second-order valence-corrected chi connectivity index (χ2v) is 5.61. The van der Waals surface area contributed by atoms with Gasteiger partial charge in [-0.2, -0.15) is 4.98 Å². The minimum atomic E-state index is 0.277. The van der Waals surface area contributed by atoms with Gasteiger partial charge in [-0.05, 0) is 19.3 Å². The summed E-state index contributed by atoms with van der Waals surface area (Å²) in [7, 11) is 0. The van der Waals surface area contributed by atoms with Crippen molar-refractivity contribution < 1.29 is 9.26 Å². The zero-order chi connectivity index (χ0) is 13.8. The Morgan fingerprint density at radius 2 is 2.25 bits per heavy atom. The van der Waals surface area contributed by atoms with E-state index in [1.807, 2.05) is 0 Å². The molecule has 0 bridgehead atoms. The zero-order valence-corrected chi connectivity index (χ0v) is 12.2. The van der Waals surface area contributed by atoms with Crippen LogP contribution in [-0.4, -0.2) is 54.4 Å². The molecule has 6 heteroatoms. The SMILES string of the molecule is CCC(c1noc(C2CCCOC2)n1)N1CCNCC1. The van der Waals surface area contributed by atoms with Crippen LogP contribution in [0.1, 0.15) is 49.9 Å². The summed E-state index contributed by atoms with van der Waals surface area (Å²) in [6.07, 6.45) is 3.18. The number of ether oxygens (including phenoxy) is 1. The topological polar surface area (TPSA) is 63.4 Å². The highest BCUT2D eigenvalue weighted by Gasteiger charge is 2.27. The second-order valence-electron chi connectivity index (χ2n) is 5.61. The van der Waals surface area contributed by atoms with E-state index in [-0.39, 0.29) is 12.0 Å². The molecule has 6 nitrogen and oxygen atoms in total. The van der Waals surface area contributed by atoms with Crippen molar-refractivity contribution in [1.82, 2.24) is 20.4 Å². The first-order chi connectivity index (χ1) is 9.88. The average Bonchev–Trinajstić information content (AvgIpc) is 3.00. The second kappa shape index (κ2) is 6.65. The molecule has 2 atom stereocenters. The molecule has 2 saturated heterocycles. The normalized spacial score (nSPS) is 26.6. The van der Waals surface area contributed by atoms with E-state index in [4.69, 9.17) is 9.26 Å². The highest BCUT2D eigenvalue weighted by atomic mass is 16.5. The summed E-state index contributed by atoms with van der Waals surface area (Å²) in [5, 5.41) is 7.61. The molecule has 2 unspecified atom stereocenters. The van der Waals surface area contributed by atoms with Crippen LogP contribution >= 0.6 is 0 Å². The molecule has 0 spiro atoms. The van der Waals surface area contributed by atoms with Gasteiger partial charge in [0, 0.05) is 32.8 Å². The maximum Gasteiger partial charge on any atom is 0.232 e. The molecule has 20 heavy (non-hydrogen) atoms. The maximum absolute atomic E-state index is 5.50. The minimum Gasteiger partial charge on any atom is -0.381 e. The van der Waals surface area contributed by atoms with Crippen molar-refractivity contribution in [3.8, 4) is 0 Å². The maximum atomic E-state index is 5.50. The van der Waals surface area contributed by atoms with Crippen molar-refractivity contribution >= 4 is 0 Å². The Kier molecular flexibility index (Phi) is 4.65. The fraction of sp³-hybridized carbons (Fsp3) is 0.857. The van der Waals surface area contributed by atoms with Crippen molar-refractivity contribution in [2.24, 2.45) is 0 Å². The molecule has 0 amide bonds. The molecule has 1 aromatic rings. The summed E-state index contributed by atoms with van der Waals surface area (Å²) >= 11 is 0. The fourth-order valence-corrected chi connectivity index (χ4v) is 3.08. The molecule has 2 aliphatic rings. The van der Waals surface area contributed by atoms with Gasteiger partial charge >= 0.3 is 0 Å². The highest BCUT2D eigenvalue weighted by Crippen LogP contribution is 2.27. The van der Waals surface area contributed by atoms with E-state index in [1.54, 1.807) is 0 Å². The summed E-state index contributed by atoms with van der Waals surface area (Å²) in [5.74, 6) is 1.88. The first-order valence-corrected chi connectivity index (χ1v) is 7.74. The van der Waals surface area contributed by atoms with Gasteiger partial charge in [-0.15, -0.1) is 0 Å². The zero-order valence-electron chi connectivity index (χ0n) is 12.2. The largest absolute Gasteiger partial charge is 0.381 e. The Labute approximate surface area is 119 Å². The van der Waals surface area contributed by atoms with Gasteiger partial charge in [0.15, 0.2) is 5.82 Å². The standard InChI is InChI=1S/C14H24N4O2/c1-2-12(18-7-5-15-6-8-18)13-16-14(20-17-13)11-4-3-9-19-10-11/h11-12,15H,2-10H2,1H3. The lowest BCUT2D eigenvalue weighted by molar-refractivity contribution is 0.0705. The summed E-state index contributed by atoms with van der Waals surface area (Å²) < 4.78 is 11.0. The Hall–Kier alpha value is -0.980. The predicted octanol–water partition coefficient (Wildman–Crippen LogP) is 1.32. The van der Waals surface area contributed by atoms with Gasteiger partial charge in [-0.25, -0.2) is 0 Å². The smallest absolute Gasteiger partial charge is 0.232 e. The number of hydrogen-bond donors (Lipinski definition) is 1. The number of hydrogen-bond acceptors (Lipinski definition) is 6. The van der Waals surface area contributed by atoms with E-state index in [2.05, 4.69) is 27.3 Å². The number of rotatable bonds is 4. The molecule has 2 aliphatic heterocycles. The van der Waals surface area contributed by atoms with Gasteiger partial charge in [0.1, 0.15) is 0 Å². The summed E-state index contributed by atoms with van der Waals surface area (Å²) in [6, 6.07) is 0.277. The molecule has 3 rings (SSSR count). The number of piperazine rings is 1. The highest BCUT2D eigenvalue weighted by molar-refractivity contribution is 5.00. The molecule has 1 aromatic heterocycles.